The minimum absolute atomic E-state index is 0.105. The van der Waals surface area contributed by atoms with Gasteiger partial charge >= 0.3 is 0 Å². The Kier molecular flexibility index (Phi) is 4.25. The smallest absolute Gasteiger partial charge is 0.148 e. The summed E-state index contributed by atoms with van der Waals surface area (Å²) in [5.41, 5.74) is 2.70. The summed E-state index contributed by atoms with van der Waals surface area (Å²) in [6.45, 7) is 5.77. The lowest BCUT2D eigenvalue weighted by atomic mass is 10.2. The normalized spacial score (nSPS) is 9.00. The molecule has 4 nitrogen and oxygen atoms in total. The highest BCUT2D eigenvalue weighted by atomic mass is 15.0. The summed E-state index contributed by atoms with van der Waals surface area (Å²) in [4.78, 5) is 4.31. The van der Waals surface area contributed by atoms with E-state index in [1.807, 2.05) is 45.0 Å². The number of hydrogen-bond acceptors (Lipinski definition) is 4. The van der Waals surface area contributed by atoms with Crippen molar-refractivity contribution in [2.45, 2.75) is 27.2 Å². The van der Waals surface area contributed by atoms with E-state index in [4.69, 9.17) is 10.5 Å². The fourth-order valence-corrected chi connectivity index (χ4v) is 1.55. The van der Waals surface area contributed by atoms with E-state index in [1.54, 1.807) is 0 Å². The zero-order valence-corrected chi connectivity index (χ0v) is 10.2. The molecule has 0 aromatic carbocycles. The minimum Gasteiger partial charge on any atom is -0.342 e. The first kappa shape index (κ1) is 12.7. The minimum atomic E-state index is 0.105. The quantitative estimate of drug-likeness (QED) is 0.804. The van der Waals surface area contributed by atoms with E-state index >= 15 is 0 Å². The first-order chi connectivity index (χ1) is 8.10. The van der Waals surface area contributed by atoms with Crippen molar-refractivity contribution in [3.05, 3.63) is 34.7 Å². The van der Waals surface area contributed by atoms with Gasteiger partial charge in [-0.3, -0.25) is 0 Å². The molecule has 17 heavy (non-hydrogen) atoms. The van der Waals surface area contributed by atoms with E-state index in [1.165, 1.54) is 0 Å². The highest BCUT2D eigenvalue weighted by molar-refractivity contribution is 5.51. The molecule has 0 saturated heterocycles. The van der Waals surface area contributed by atoms with Gasteiger partial charge in [0, 0.05) is 11.4 Å². The summed E-state index contributed by atoms with van der Waals surface area (Å²) >= 11 is 0. The van der Waals surface area contributed by atoms with Crippen LogP contribution in [-0.2, 0) is 0 Å². The second-order valence-corrected chi connectivity index (χ2v) is 3.73. The number of allylic oxidation sites excluding steroid dienone is 2. The molecule has 0 saturated carbocycles. The fraction of sp³-hybridized carbons (Fsp3) is 0.308. The summed E-state index contributed by atoms with van der Waals surface area (Å²) < 4.78 is 0. The van der Waals surface area contributed by atoms with Crippen LogP contribution in [0.4, 0.5) is 5.82 Å². The first-order valence-corrected chi connectivity index (χ1v) is 5.36. The Balaban J connectivity index is 3.09. The molecule has 1 rings (SSSR count). The average molecular weight is 226 g/mol. The molecular formula is C13H14N4. The molecule has 0 amide bonds. The maximum absolute atomic E-state index is 8.82. The van der Waals surface area contributed by atoms with Gasteiger partial charge in [0.05, 0.1) is 0 Å². The Morgan fingerprint density at radius 3 is 2.41 bits per heavy atom. The van der Waals surface area contributed by atoms with Crippen LogP contribution in [0.2, 0.25) is 0 Å². The van der Waals surface area contributed by atoms with Crippen LogP contribution in [0.25, 0.3) is 0 Å². The van der Waals surface area contributed by atoms with Crippen LogP contribution in [0.3, 0.4) is 0 Å². The summed E-state index contributed by atoms with van der Waals surface area (Å²) in [7, 11) is 0. The molecule has 0 bridgehead atoms. The van der Waals surface area contributed by atoms with Gasteiger partial charge in [0.15, 0.2) is 0 Å². The second-order valence-electron chi connectivity index (χ2n) is 3.73. The number of rotatable bonds is 3. The van der Waals surface area contributed by atoms with Gasteiger partial charge in [0.2, 0.25) is 0 Å². The third-order valence-electron chi connectivity index (χ3n) is 2.26. The highest BCUT2D eigenvalue weighted by Crippen LogP contribution is 2.15. The number of hydrogen-bond donors (Lipinski definition) is 1. The molecule has 0 radical (unpaired) electrons. The maximum atomic E-state index is 8.82. The molecule has 1 aromatic heterocycles. The maximum Gasteiger partial charge on any atom is 0.148 e. The lowest BCUT2D eigenvalue weighted by Crippen LogP contribution is -2.04. The van der Waals surface area contributed by atoms with Crippen molar-refractivity contribution in [3.8, 4) is 12.1 Å². The molecule has 4 heteroatoms. The van der Waals surface area contributed by atoms with E-state index in [0.29, 0.717) is 17.9 Å². The third-order valence-corrected chi connectivity index (χ3v) is 2.26. The van der Waals surface area contributed by atoms with E-state index in [0.717, 1.165) is 11.3 Å². The zero-order valence-electron chi connectivity index (χ0n) is 10.2. The van der Waals surface area contributed by atoms with Gasteiger partial charge < -0.3 is 5.32 Å². The zero-order chi connectivity index (χ0) is 12.8. The number of aromatic nitrogens is 1. The highest BCUT2D eigenvalue weighted by Gasteiger charge is 2.06. The van der Waals surface area contributed by atoms with Crippen LogP contribution in [0.15, 0.2) is 23.4 Å². The number of anilines is 1. The Bertz CT molecular complexity index is 493. The van der Waals surface area contributed by atoms with Crippen LogP contribution in [0, 0.1) is 36.5 Å². The Morgan fingerprint density at radius 2 is 1.94 bits per heavy atom. The molecule has 0 aliphatic rings. The molecule has 1 aromatic rings. The molecule has 1 heterocycles. The number of aryl methyl sites for hydroxylation is 2. The van der Waals surface area contributed by atoms with E-state index in [2.05, 4.69) is 10.3 Å². The van der Waals surface area contributed by atoms with Crippen molar-refractivity contribution in [2.24, 2.45) is 0 Å². The lowest BCUT2D eigenvalue weighted by Gasteiger charge is -2.09. The predicted molar refractivity (Wildman–Crippen MR) is 65.9 cm³/mol. The Hall–Kier alpha value is -2.33. The van der Waals surface area contributed by atoms with Crippen LogP contribution in [0.5, 0.6) is 0 Å². The molecule has 1 N–H and O–H groups in total. The monoisotopic (exact) mass is 226 g/mol. The van der Waals surface area contributed by atoms with Crippen LogP contribution < -0.4 is 5.32 Å². The van der Waals surface area contributed by atoms with Crippen molar-refractivity contribution < 1.29 is 0 Å². The second kappa shape index (κ2) is 5.67. The average Bonchev–Trinajstić information content (AvgIpc) is 2.27. The van der Waals surface area contributed by atoms with Gasteiger partial charge in [0.1, 0.15) is 23.5 Å². The van der Waals surface area contributed by atoms with Crippen LogP contribution in [0.1, 0.15) is 24.6 Å². The molecule has 0 atom stereocenters. The number of nitrogens with zero attached hydrogens (tertiary/aromatic N) is 3. The fourth-order valence-electron chi connectivity index (χ4n) is 1.55. The van der Waals surface area contributed by atoms with Gasteiger partial charge in [-0.25, -0.2) is 4.98 Å². The Labute approximate surface area is 101 Å². The summed E-state index contributed by atoms with van der Waals surface area (Å²) in [5.74, 6) is 0.669. The standard InChI is InChI=1S/C13H14N4/c1-4-12(11(7-14)8-15)17-13-6-9(2)5-10(3)16-13/h5-6H,4H2,1-3H3,(H,16,17). The third kappa shape index (κ3) is 3.32. The number of nitrogens with one attached hydrogen (secondary N) is 1. The molecule has 86 valence electrons. The van der Waals surface area contributed by atoms with Gasteiger partial charge in [-0.1, -0.05) is 6.92 Å². The SMILES string of the molecule is CCC(Nc1cc(C)cc(C)n1)=C(C#N)C#N. The van der Waals surface area contributed by atoms with Gasteiger partial charge in [-0.2, -0.15) is 10.5 Å². The van der Waals surface area contributed by atoms with Crippen molar-refractivity contribution in [2.75, 3.05) is 5.32 Å². The van der Waals surface area contributed by atoms with E-state index in [9.17, 15) is 0 Å². The van der Waals surface area contributed by atoms with Crippen LogP contribution in [-0.4, -0.2) is 4.98 Å². The number of nitriles is 2. The van der Waals surface area contributed by atoms with E-state index in [-0.39, 0.29) is 5.57 Å². The van der Waals surface area contributed by atoms with E-state index < -0.39 is 0 Å². The lowest BCUT2D eigenvalue weighted by molar-refractivity contribution is 1.07. The van der Waals surface area contributed by atoms with Crippen molar-refractivity contribution in [3.63, 3.8) is 0 Å². The van der Waals surface area contributed by atoms with Gasteiger partial charge in [0.25, 0.3) is 0 Å². The van der Waals surface area contributed by atoms with Gasteiger partial charge in [-0.05, 0) is 38.0 Å². The van der Waals surface area contributed by atoms with Crippen molar-refractivity contribution >= 4 is 5.82 Å². The summed E-state index contributed by atoms with van der Waals surface area (Å²) in [5, 5.41) is 20.7. The number of pyridine rings is 1. The van der Waals surface area contributed by atoms with Crippen molar-refractivity contribution in [1.82, 2.24) is 4.98 Å². The van der Waals surface area contributed by atoms with Gasteiger partial charge in [-0.15, -0.1) is 0 Å². The first-order valence-electron chi connectivity index (χ1n) is 5.36. The summed E-state index contributed by atoms with van der Waals surface area (Å²) in [6.07, 6.45) is 0.588. The Morgan fingerprint density at radius 1 is 1.29 bits per heavy atom. The molecule has 0 aliphatic heterocycles. The molecular weight excluding hydrogens is 212 g/mol. The van der Waals surface area contributed by atoms with Crippen molar-refractivity contribution in [1.29, 1.82) is 10.5 Å². The topological polar surface area (TPSA) is 72.5 Å². The largest absolute Gasteiger partial charge is 0.342 e. The summed E-state index contributed by atoms with van der Waals surface area (Å²) in [6, 6.07) is 7.61. The van der Waals surface area contributed by atoms with Crippen LogP contribution >= 0.6 is 0 Å². The molecule has 0 fully saturated rings. The predicted octanol–water partition coefficient (Wildman–Crippen LogP) is 2.82. The molecule has 0 unspecified atom stereocenters. The molecule has 0 spiro atoms. The molecule has 0 aliphatic carbocycles.